The monoisotopic (exact) mass is 410 g/mol. The maximum absolute atomic E-state index is 6.00. The van der Waals surface area contributed by atoms with Gasteiger partial charge >= 0.3 is 0 Å². The molecule has 32 heavy (non-hydrogen) atoms. The Morgan fingerprint density at radius 1 is 0.406 bits per heavy atom. The highest BCUT2D eigenvalue weighted by molar-refractivity contribution is 6.06. The molecule has 1 heterocycles. The number of benzene rings is 5. The van der Waals surface area contributed by atoms with Crippen molar-refractivity contribution in [3.05, 3.63) is 121 Å². The van der Waals surface area contributed by atoms with Gasteiger partial charge in [-0.1, -0.05) is 90.5 Å². The molecule has 0 atom stereocenters. The van der Waals surface area contributed by atoms with Crippen LogP contribution in [0.5, 0.6) is 0 Å². The van der Waals surface area contributed by atoms with Gasteiger partial charge in [-0.3, -0.25) is 0 Å². The van der Waals surface area contributed by atoms with Crippen molar-refractivity contribution in [2.45, 2.75) is 6.92 Å². The zero-order valence-corrected chi connectivity index (χ0v) is 17.9. The highest BCUT2D eigenvalue weighted by Crippen LogP contribution is 2.34. The number of para-hydroxylation sites is 1. The standard InChI is InChI=1S/C31H22O/c1-21-12-14-22(15-13-21)23-6-4-7-24(18-23)25-8-5-9-26(19-25)27-16-17-31-29(20-27)28-10-2-3-11-30(28)32-31/h2-20H,1H3. The number of rotatable bonds is 3. The lowest BCUT2D eigenvalue weighted by Crippen LogP contribution is -1.84. The lowest BCUT2D eigenvalue weighted by molar-refractivity contribution is 0.669. The van der Waals surface area contributed by atoms with Gasteiger partial charge in [-0.25, -0.2) is 0 Å². The second kappa shape index (κ2) is 7.55. The fraction of sp³-hybridized carbons (Fsp3) is 0.0323. The number of aryl methyl sites for hydroxylation is 1. The highest BCUT2D eigenvalue weighted by atomic mass is 16.3. The van der Waals surface area contributed by atoms with E-state index < -0.39 is 0 Å². The van der Waals surface area contributed by atoms with E-state index in [1.165, 1.54) is 38.9 Å². The largest absolute Gasteiger partial charge is 0.456 e. The van der Waals surface area contributed by atoms with Gasteiger partial charge in [-0.2, -0.15) is 0 Å². The minimum Gasteiger partial charge on any atom is -0.456 e. The minimum absolute atomic E-state index is 0.928. The van der Waals surface area contributed by atoms with Gasteiger partial charge in [0, 0.05) is 10.8 Å². The SMILES string of the molecule is Cc1ccc(-c2cccc(-c3cccc(-c4ccc5oc6ccccc6c5c4)c3)c2)cc1. The Hall–Kier alpha value is -4.10. The predicted octanol–water partition coefficient (Wildman–Crippen LogP) is 8.90. The molecule has 6 aromatic rings. The summed E-state index contributed by atoms with van der Waals surface area (Å²) in [4.78, 5) is 0. The molecule has 0 saturated carbocycles. The molecule has 1 nitrogen and oxygen atoms in total. The van der Waals surface area contributed by atoms with Crippen LogP contribution in [0, 0.1) is 6.92 Å². The molecule has 0 aliphatic carbocycles. The fourth-order valence-corrected chi connectivity index (χ4v) is 4.41. The summed E-state index contributed by atoms with van der Waals surface area (Å²) in [6, 6.07) is 40.9. The summed E-state index contributed by atoms with van der Waals surface area (Å²) in [5.41, 5.74) is 10.5. The number of hydrogen-bond acceptors (Lipinski definition) is 1. The van der Waals surface area contributed by atoms with Crippen LogP contribution < -0.4 is 0 Å². The quantitative estimate of drug-likeness (QED) is 0.284. The highest BCUT2D eigenvalue weighted by Gasteiger charge is 2.09. The molecule has 0 fully saturated rings. The Kier molecular flexibility index (Phi) is 4.40. The molecule has 0 saturated heterocycles. The van der Waals surface area contributed by atoms with Crippen molar-refractivity contribution in [3.63, 3.8) is 0 Å². The summed E-state index contributed by atoms with van der Waals surface area (Å²) in [7, 11) is 0. The van der Waals surface area contributed by atoms with Gasteiger partial charge in [0.25, 0.3) is 0 Å². The Morgan fingerprint density at radius 3 is 1.62 bits per heavy atom. The van der Waals surface area contributed by atoms with Crippen LogP contribution in [0.25, 0.3) is 55.3 Å². The van der Waals surface area contributed by atoms with Gasteiger partial charge in [0.05, 0.1) is 0 Å². The molecule has 0 unspecified atom stereocenters. The lowest BCUT2D eigenvalue weighted by atomic mass is 9.95. The molecule has 1 heteroatoms. The molecule has 0 aliphatic rings. The van der Waals surface area contributed by atoms with E-state index in [4.69, 9.17) is 4.42 Å². The zero-order chi connectivity index (χ0) is 21.5. The lowest BCUT2D eigenvalue weighted by Gasteiger charge is -2.09. The molecule has 0 bridgehead atoms. The Morgan fingerprint density at radius 2 is 0.938 bits per heavy atom. The molecule has 0 N–H and O–H groups in total. The van der Waals surface area contributed by atoms with E-state index >= 15 is 0 Å². The summed E-state index contributed by atoms with van der Waals surface area (Å²) in [6.07, 6.45) is 0. The van der Waals surface area contributed by atoms with Crippen LogP contribution in [-0.2, 0) is 0 Å². The predicted molar refractivity (Wildman–Crippen MR) is 135 cm³/mol. The molecule has 0 spiro atoms. The van der Waals surface area contributed by atoms with Gasteiger partial charge in [0.2, 0.25) is 0 Å². The summed E-state index contributed by atoms with van der Waals surface area (Å²) in [6.45, 7) is 2.12. The van der Waals surface area contributed by atoms with E-state index in [0.29, 0.717) is 0 Å². The summed E-state index contributed by atoms with van der Waals surface area (Å²) < 4.78 is 6.00. The van der Waals surface area contributed by atoms with Crippen molar-refractivity contribution in [2.24, 2.45) is 0 Å². The Balaban J connectivity index is 1.41. The van der Waals surface area contributed by atoms with E-state index in [1.807, 2.05) is 12.1 Å². The van der Waals surface area contributed by atoms with E-state index in [1.54, 1.807) is 0 Å². The second-order valence-corrected chi connectivity index (χ2v) is 8.34. The van der Waals surface area contributed by atoms with Crippen LogP contribution in [0.15, 0.2) is 120 Å². The average Bonchev–Trinajstić information content (AvgIpc) is 3.23. The van der Waals surface area contributed by atoms with Crippen molar-refractivity contribution in [1.29, 1.82) is 0 Å². The zero-order valence-electron chi connectivity index (χ0n) is 17.9. The average molecular weight is 411 g/mol. The first-order valence-electron chi connectivity index (χ1n) is 10.9. The number of fused-ring (bicyclic) bond motifs is 3. The smallest absolute Gasteiger partial charge is 0.135 e. The molecular weight excluding hydrogens is 388 g/mol. The van der Waals surface area contributed by atoms with Gasteiger partial charge in [0.15, 0.2) is 0 Å². The van der Waals surface area contributed by atoms with Crippen molar-refractivity contribution in [2.75, 3.05) is 0 Å². The summed E-state index contributed by atoms with van der Waals surface area (Å²) in [5, 5.41) is 2.32. The maximum atomic E-state index is 6.00. The number of furan rings is 1. The van der Waals surface area contributed by atoms with Crippen molar-refractivity contribution >= 4 is 21.9 Å². The summed E-state index contributed by atoms with van der Waals surface area (Å²) >= 11 is 0. The normalized spacial score (nSPS) is 11.3. The minimum atomic E-state index is 0.928. The molecule has 152 valence electrons. The topological polar surface area (TPSA) is 13.1 Å². The fourth-order valence-electron chi connectivity index (χ4n) is 4.41. The van der Waals surface area contributed by atoms with Crippen LogP contribution in [-0.4, -0.2) is 0 Å². The van der Waals surface area contributed by atoms with Crippen molar-refractivity contribution in [3.8, 4) is 33.4 Å². The maximum Gasteiger partial charge on any atom is 0.135 e. The molecule has 0 aliphatic heterocycles. The van der Waals surface area contributed by atoms with Crippen molar-refractivity contribution in [1.82, 2.24) is 0 Å². The number of hydrogen-bond donors (Lipinski definition) is 0. The third-order valence-corrected chi connectivity index (χ3v) is 6.15. The van der Waals surface area contributed by atoms with Crippen LogP contribution in [0.4, 0.5) is 0 Å². The third-order valence-electron chi connectivity index (χ3n) is 6.15. The van der Waals surface area contributed by atoms with Gasteiger partial charge < -0.3 is 4.42 Å². The van der Waals surface area contributed by atoms with Crippen LogP contribution in [0.3, 0.4) is 0 Å². The molecule has 1 aromatic heterocycles. The molecule has 5 aromatic carbocycles. The summed E-state index contributed by atoms with van der Waals surface area (Å²) in [5.74, 6) is 0. The van der Waals surface area contributed by atoms with E-state index in [9.17, 15) is 0 Å². The first-order valence-corrected chi connectivity index (χ1v) is 10.9. The van der Waals surface area contributed by atoms with Crippen LogP contribution in [0.2, 0.25) is 0 Å². The Labute approximate surface area is 187 Å². The van der Waals surface area contributed by atoms with E-state index in [-0.39, 0.29) is 0 Å². The molecule has 6 rings (SSSR count). The molecule has 0 radical (unpaired) electrons. The second-order valence-electron chi connectivity index (χ2n) is 8.34. The van der Waals surface area contributed by atoms with E-state index in [0.717, 1.165) is 21.9 Å². The van der Waals surface area contributed by atoms with Gasteiger partial charge in [0.1, 0.15) is 11.2 Å². The van der Waals surface area contributed by atoms with Crippen LogP contribution >= 0.6 is 0 Å². The first-order chi connectivity index (χ1) is 15.7. The van der Waals surface area contributed by atoms with Gasteiger partial charge in [-0.05, 0) is 70.6 Å². The van der Waals surface area contributed by atoms with Crippen LogP contribution in [0.1, 0.15) is 5.56 Å². The van der Waals surface area contributed by atoms with Crippen molar-refractivity contribution < 1.29 is 4.42 Å². The third kappa shape index (κ3) is 3.29. The van der Waals surface area contributed by atoms with E-state index in [2.05, 4.69) is 110 Å². The Bertz CT molecular complexity index is 1570. The first kappa shape index (κ1) is 18.7. The molecular formula is C31H22O. The molecule has 0 amide bonds. The van der Waals surface area contributed by atoms with Gasteiger partial charge in [-0.15, -0.1) is 0 Å².